The molecule has 138 valence electrons. The van der Waals surface area contributed by atoms with Gasteiger partial charge >= 0.3 is 0 Å². The van der Waals surface area contributed by atoms with Crippen LogP contribution in [0, 0.1) is 0 Å². The first kappa shape index (κ1) is 19.3. The van der Waals surface area contributed by atoms with Crippen LogP contribution in [0.25, 0.3) is 11.3 Å². The van der Waals surface area contributed by atoms with E-state index in [0.717, 1.165) is 0 Å². The summed E-state index contributed by atoms with van der Waals surface area (Å²) < 4.78 is 11.0. The van der Waals surface area contributed by atoms with Crippen LogP contribution in [-0.2, 0) is 4.79 Å². The molecule has 2 aromatic carbocycles. The van der Waals surface area contributed by atoms with Crippen LogP contribution in [0.4, 0.5) is 0 Å². The van der Waals surface area contributed by atoms with Gasteiger partial charge in [0.1, 0.15) is 17.3 Å². The lowest BCUT2D eigenvalue weighted by atomic mass is 10.2. The molecule has 0 aliphatic rings. The van der Waals surface area contributed by atoms with Gasteiger partial charge in [-0.3, -0.25) is 4.79 Å². The number of hydrazone groups is 1. The van der Waals surface area contributed by atoms with E-state index in [9.17, 15) is 4.79 Å². The van der Waals surface area contributed by atoms with Crippen LogP contribution in [-0.4, -0.2) is 18.7 Å². The molecule has 0 saturated carbocycles. The van der Waals surface area contributed by atoms with Crippen molar-refractivity contribution >= 4 is 46.9 Å². The second-order valence-corrected chi connectivity index (χ2v) is 6.64. The zero-order chi connectivity index (χ0) is 19.2. The molecule has 0 aliphatic heterocycles. The maximum Gasteiger partial charge on any atom is 0.277 e. The minimum absolute atomic E-state index is 0.180. The molecule has 3 aromatic rings. The standard InChI is InChI=1S/C19H13Cl3N2O3/c20-12-1-4-14(5-2-12)26-11-19(25)24-23-10-15-6-8-18(27-15)16-9-13(21)3-7-17(16)22/h1-10H,11H2,(H,24,25)/b23-10-. The Morgan fingerprint density at radius 1 is 1.04 bits per heavy atom. The van der Waals surface area contributed by atoms with E-state index < -0.39 is 5.91 Å². The van der Waals surface area contributed by atoms with E-state index in [0.29, 0.717) is 37.9 Å². The fraction of sp³-hybridized carbons (Fsp3) is 0.0526. The summed E-state index contributed by atoms with van der Waals surface area (Å²) in [7, 11) is 0. The molecule has 8 heteroatoms. The third kappa shape index (κ3) is 5.50. The number of carbonyl (C=O) groups excluding carboxylic acids is 1. The van der Waals surface area contributed by atoms with Crippen molar-refractivity contribution in [3.05, 3.63) is 75.4 Å². The summed E-state index contributed by atoms with van der Waals surface area (Å²) in [5, 5.41) is 5.50. The number of nitrogens with zero attached hydrogens (tertiary/aromatic N) is 1. The summed E-state index contributed by atoms with van der Waals surface area (Å²) in [6.07, 6.45) is 1.38. The lowest BCUT2D eigenvalue weighted by Gasteiger charge is -2.04. The normalized spacial score (nSPS) is 10.9. The van der Waals surface area contributed by atoms with E-state index in [2.05, 4.69) is 10.5 Å². The first-order valence-corrected chi connectivity index (χ1v) is 8.90. The first-order chi connectivity index (χ1) is 13.0. The molecule has 0 aliphatic carbocycles. The molecule has 0 unspecified atom stereocenters. The molecule has 27 heavy (non-hydrogen) atoms. The largest absolute Gasteiger partial charge is 0.484 e. The molecule has 0 bridgehead atoms. The molecule has 1 amide bonds. The number of nitrogens with one attached hydrogen (secondary N) is 1. The minimum Gasteiger partial charge on any atom is -0.484 e. The van der Waals surface area contributed by atoms with Crippen LogP contribution in [0.3, 0.4) is 0 Å². The van der Waals surface area contributed by atoms with Gasteiger partial charge in [0.2, 0.25) is 0 Å². The lowest BCUT2D eigenvalue weighted by molar-refractivity contribution is -0.123. The quantitative estimate of drug-likeness (QED) is 0.424. The molecule has 0 atom stereocenters. The van der Waals surface area contributed by atoms with Crippen molar-refractivity contribution < 1.29 is 13.9 Å². The predicted molar refractivity (Wildman–Crippen MR) is 107 cm³/mol. The monoisotopic (exact) mass is 422 g/mol. The Hall–Kier alpha value is -2.47. The summed E-state index contributed by atoms with van der Waals surface area (Å²) in [5.74, 6) is 1.11. The van der Waals surface area contributed by atoms with Gasteiger partial charge < -0.3 is 9.15 Å². The smallest absolute Gasteiger partial charge is 0.277 e. The van der Waals surface area contributed by atoms with E-state index in [1.54, 1.807) is 54.6 Å². The van der Waals surface area contributed by atoms with Crippen molar-refractivity contribution in [3.63, 3.8) is 0 Å². The number of furan rings is 1. The van der Waals surface area contributed by atoms with Gasteiger partial charge in [0.15, 0.2) is 6.61 Å². The Kier molecular flexibility index (Phi) is 6.40. The minimum atomic E-state index is -0.411. The highest BCUT2D eigenvalue weighted by atomic mass is 35.5. The molecule has 1 aromatic heterocycles. The van der Waals surface area contributed by atoms with Crippen molar-refractivity contribution in [2.45, 2.75) is 0 Å². The number of benzene rings is 2. The SMILES string of the molecule is O=C(COc1ccc(Cl)cc1)N/N=C\c1ccc(-c2cc(Cl)ccc2Cl)o1. The van der Waals surface area contributed by atoms with Crippen molar-refractivity contribution in [1.82, 2.24) is 5.43 Å². The van der Waals surface area contributed by atoms with Crippen molar-refractivity contribution in [2.75, 3.05) is 6.61 Å². The van der Waals surface area contributed by atoms with E-state index >= 15 is 0 Å². The van der Waals surface area contributed by atoms with Crippen LogP contribution >= 0.6 is 34.8 Å². The average molecular weight is 424 g/mol. The number of halogens is 3. The Bertz CT molecular complexity index is 969. The highest BCUT2D eigenvalue weighted by molar-refractivity contribution is 6.35. The maximum absolute atomic E-state index is 11.7. The third-order valence-corrected chi connectivity index (χ3v) is 4.20. The van der Waals surface area contributed by atoms with Crippen LogP contribution in [0.5, 0.6) is 5.75 Å². The topological polar surface area (TPSA) is 63.8 Å². The molecular formula is C19H13Cl3N2O3. The van der Waals surface area contributed by atoms with E-state index in [1.807, 2.05) is 0 Å². The number of hydrogen-bond donors (Lipinski definition) is 1. The van der Waals surface area contributed by atoms with Crippen molar-refractivity contribution in [1.29, 1.82) is 0 Å². The Labute approximate surface area is 170 Å². The molecule has 5 nitrogen and oxygen atoms in total. The zero-order valence-electron chi connectivity index (χ0n) is 13.8. The first-order valence-electron chi connectivity index (χ1n) is 7.77. The zero-order valence-corrected chi connectivity index (χ0v) is 16.1. The molecule has 1 heterocycles. The predicted octanol–water partition coefficient (Wildman–Crippen LogP) is 5.44. The van der Waals surface area contributed by atoms with Crippen LogP contribution < -0.4 is 10.2 Å². The fourth-order valence-corrected chi connectivity index (χ4v) is 2.64. The summed E-state index contributed by atoms with van der Waals surface area (Å²) in [6.45, 7) is -0.180. The number of rotatable bonds is 6. The van der Waals surface area contributed by atoms with E-state index in [1.165, 1.54) is 6.21 Å². The van der Waals surface area contributed by atoms with Gasteiger partial charge in [0.05, 0.1) is 11.2 Å². The third-order valence-electron chi connectivity index (χ3n) is 3.39. The Morgan fingerprint density at radius 3 is 2.56 bits per heavy atom. The number of carbonyl (C=O) groups is 1. The van der Waals surface area contributed by atoms with Gasteiger partial charge in [-0.05, 0) is 54.6 Å². The van der Waals surface area contributed by atoms with E-state index in [4.69, 9.17) is 44.0 Å². The summed E-state index contributed by atoms with van der Waals surface area (Å²) in [5.41, 5.74) is 3.03. The second kappa shape index (κ2) is 8.95. The van der Waals surface area contributed by atoms with Crippen LogP contribution in [0.15, 0.2) is 64.1 Å². The highest BCUT2D eigenvalue weighted by Crippen LogP contribution is 2.31. The average Bonchev–Trinajstić information content (AvgIpc) is 3.12. The van der Waals surface area contributed by atoms with Crippen LogP contribution in [0.1, 0.15) is 5.76 Å². The van der Waals surface area contributed by atoms with Gasteiger partial charge in [-0.1, -0.05) is 34.8 Å². The molecule has 0 fully saturated rings. The van der Waals surface area contributed by atoms with Crippen molar-refractivity contribution in [3.8, 4) is 17.1 Å². The number of ether oxygens (including phenoxy) is 1. The second-order valence-electron chi connectivity index (χ2n) is 5.36. The summed E-state index contributed by atoms with van der Waals surface area (Å²) in [4.78, 5) is 11.7. The Balaban J connectivity index is 1.54. The molecule has 1 N–H and O–H groups in total. The number of hydrogen-bond acceptors (Lipinski definition) is 4. The fourth-order valence-electron chi connectivity index (χ4n) is 2.13. The van der Waals surface area contributed by atoms with Gasteiger partial charge in [0.25, 0.3) is 5.91 Å². The molecular weight excluding hydrogens is 411 g/mol. The maximum atomic E-state index is 11.7. The van der Waals surface area contributed by atoms with Crippen LogP contribution in [0.2, 0.25) is 15.1 Å². The van der Waals surface area contributed by atoms with Gasteiger partial charge in [-0.15, -0.1) is 0 Å². The van der Waals surface area contributed by atoms with Crippen molar-refractivity contribution in [2.24, 2.45) is 5.10 Å². The van der Waals surface area contributed by atoms with Gasteiger partial charge in [-0.25, -0.2) is 5.43 Å². The summed E-state index contributed by atoms with van der Waals surface area (Å²) >= 11 is 17.9. The van der Waals surface area contributed by atoms with Gasteiger partial charge in [0, 0.05) is 15.6 Å². The number of amides is 1. The van der Waals surface area contributed by atoms with Gasteiger partial charge in [-0.2, -0.15) is 5.10 Å². The molecule has 0 saturated heterocycles. The molecule has 0 radical (unpaired) electrons. The Morgan fingerprint density at radius 2 is 1.78 bits per heavy atom. The molecule has 3 rings (SSSR count). The molecule has 0 spiro atoms. The highest BCUT2D eigenvalue weighted by Gasteiger charge is 2.09. The van der Waals surface area contributed by atoms with E-state index in [-0.39, 0.29) is 6.61 Å². The summed E-state index contributed by atoms with van der Waals surface area (Å²) in [6, 6.07) is 15.2. The lowest BCUT2D eigenvalue weighted by Crippen LogP contribution is -2.24.